The van der Waals surface area contributed by atoms with Crippen LogP contribution < -0.4 is 10.1 Å². The number of nitrogens with zero attached hydrogens (tertiary/aromatic N) is 2. The molecule has 0 heterocycles. The Bertz CT molecular complexity index is 837. The van der Waals surface area contributed by atoms with E-state index in [-0.39, 0.29) is 28.9 Å². The zero-order chi connectivity index (χ0) is 19.3. The number of carbonyl (C=O) groups is 2. The van der Waals surface area contributed by atoms with Crippen LogP contribution in [0, 0.1) is 10.1 Å². The number of hydrogen-bond donors (Lipinski definition) is 1. The smallest absolute Gasteiger partial charge is 0.313 e. The summed E-state index contributed by atoms with van der Waals surface area (Å²) in [6.45, 7) is -0.110. The van der Waals surface area contributed by atoms with Gasteiger partial charge >= 0.3 is 5.69 Å². The number of likely N-dealkylation sites (N-methyl/N-ethyl adjacent to an activating group) is 1. The van der Waals surface area contributed by atoms with Crippen LogP contribution in [0.15, 0.2) is 42.5 Å². The van der Waals surface area contributed by atoms with E-state index in [1.54, 1.807) is 14.1 Å². The maximum absolute atomic E-state index is 12.0. The summed E-state index contributed by atoms with van der Waals surface area (Å²) < 4.78 is 5.50. The van der Waals surface area contributed by atoms with Crippen molar-refractivity contribution in [2.75, 3.05) is 20.6 Å². The highest BCUT2D eigenvalue weighted by Gasteiger charge is 2.17. The molecule has 26 heavy (non-hydrogen) atoms. The third-order valence-electron chi connectivity index (χ3n) is 3.36. The van der Waals surface area contributed by atoms with Crippen molar-refractivity contribution in [3.05, 3.63) is 63.2 Å². The zero-order valence-electron chi connectivity index (χ0n) is 14.1. The molecule has 0 aliphatic rings. The molecule has 0 aromatic heterocycles. The molecule has 0 radical (unpaired) electrons. The molecule has 9 heteroatoms. The number of nitro benzene ring substituents is 1. The number of benzene rings is 2. The second-order valence-corrected chi connectivity index (χ2v) is 5.90. The molecule has 8 nitrogen and oxygen atoms in total. The Morgan fingerprint density at radius 3 is 2.42 bits per heavy atom. The molecule has 2 aromatic carbocycles. The quantitative estimate of drug-likeness (QED) is 0.616. The lowest BCUT2D eigenvalue weighted by molar-refractivity contribution is -0.385. The van der Waals surface area contributed by atoms with Crippen LogP contribution in [0.3, 0.4) is 0 Å². The fourth-order valence-corrected chi connectivity index (χ4v) is 2.10. The van der Waals surface area contributed by atoms with Gasteiger partial charge in [0.1, 0.15) is 5.75 Å². The van der Waals surface area contributed by atoms with Crippen LogP contribution in [0.1, 0.15) is 10.4 Å². The van der Waals surface area contributed by atoms with Crippen LogP contribution in [0.25, 0.3) is 0 Å². The molecule has 0 fully saturated rings. The van der Waals surface area contributed by atoms with Gasteiger partial charge in [0.25, 0.3) is 5.91 Å². The monoisotopic (exact) mass is 377 g/mol. The summed E-state index contributed by atoms with van der Waals surface area (Å²) >= 11 is 5.76. The summed E-state index contributed by atoms with van der Waals surface area (Å²) in [5.74, 6) is -0.290. The minimum absolute atomic E-state index is 0.0354. The Kier molecular flexibility index (Phi) is 6.13. The molecule has 0 bridgehead atoms. The van der Waals surface area contributed by atoms with Crippen molar-refractivity contribution in [2.45, 2.75) is 0 Å². The topological polar surface area (TPSA) is 102 Å². The molecule has 0 saturated carbocycles. The average Bonchev–Trinajstić information content (AvgIpc) is 2.61. The van der Waals surface area contributed by atoms with Gasteiger partial charge in [-0.25, -0.2) is 0 Å². The Balaban J connectivity index is 2.07. The van der Waals surface area contributed by atoms with Crippen molar-refractivity contribution >= 4 is 29.1 Å². The maximum Gasteiger partial charge on any atom is 0.313 e. The van der Waals surface area contributed by atoms with Gasteiger partial charge in [-0.3, -0.25) is 19.7 Å². The molecular weight excluding hydrogens is 362 g/mol. The van der Waals surface area contributed by atoms with Crippen LogP contribution in [-0.2, 0) is 4.79 Å². The van der Waals surface area contributed by atoms with Crippen molar-refractivity contribution in [2.24, 2.45) is 0 Å². The first kappa shape index (κ1) is 19.2. The van der Waals surface area contributed by atoms with Crippen LogP contribution >= 0.6 is 11.6 Å². The lowest BCUT2D eigenvalue weighted by Gasteiger charge is -2.11. The van der Waals surface area contributed by atoms with Gasteiger partial charge < -0.3 is 15.0 Å². The molecular formula is C17H16ClN3O5. The van der Waals surface area contributed by atoms with Crippen molar-refractivity contribution in [3.63, 3.8) is 0 Å². The Morgan fingerprint density at radius 1 is 1.19 bits per heavy atom. The first-order valence-electron chi connectivity index (χ1n) is 7.48. The van der Waals surface area contributed by atoms with Crippen molar-refractivity contribution in [1.29, 1.82) is 0 Å². The summed E-state index contributed by atoms with van der Waals surface area (Å²) in [4.78, 5) is 35.3. The molecule has 0 unspecified atom stereocenters. The summed E-state index contributed by atoms with van der Waals surface area (Å²) in [5.41, 5.74) is 0.0658. The van der Waals surface area contributed by atoms with Gasteiger partial charge in [-0.05, 0) is 36.4 Å². The third kappa shape index (κ3) is 4.93. The van der Waals surface area contributed by atoms with E-state index in [9.17, 15) is 19.7 Å². The number of carbonyl (C=O) groups excluding carboxylic acids is 2. The average molecular weight is 378 g/mol. The van der Waals surface area contributed by atoms with E-state index in [1.807, 2.05) is 0 Å². The predicted molar refractivity (Wildman–Crippen MR) is 95.6 cm³/mol. The number of amides is 2. The summed E-state index contributed by atoms with van der Waals surface area (Å²) in [5, 5.41) is 13.8. The number of nitro groups is 1. The highest BCUT2D eigenvalue weighted by Crippen LogP contribution is 2.33. The summed E-state index contributed by atoms with van der Waals surface area (Å²) in [6.07, 6.45) is 0. The van der Waals surface area contributed by atoms with Crippen LogP contribution in [-0.4, -0.2) is 42.3 Å². The van der Waals surface area contributed by atoms with E-state index in [0.717, 1.165) is 0 Å². The van der Waals surface area contributed by atoms with Gasteiger partial charge in [0.05, 0.1) is 11.5 Å². The van der Waals surface area contributed by atoms with Crippen molar-refractivity contribution < 1.29 is 19.2 Å². The number of ether oxygens (including phenoxy) is 1. The standard InChI is InChI=1S/C17H16ClN3O5/c1-20(2)16(22)10-19-17(23)11-3-6-13(7-4-11)26-15-8-5-12(18)9-14(15)21(24)25/h3-9H,10H2,1-2H3,(H,19,23). The van der Waals surface area contributed by atoms with E-state index >= 15 is 0 Å². The van der Waals surface area contributed by atoms with Crippen LogP contribution in [0.5, 0.6) is 11.5 Å². The summed E-state index contributed by atoms with van der Waals surface area (Å²) in [6, 6.07) is 10.1. The fourth-order valence-electron chi connectivity index (χ4n) is 1.94. The third-order valence-corrected chi connectivity index (χ3v) is 3.60. The van der Waals surface area contributed by atoms with Crippen molar-refractivity contribution in [1.82, 2.24) is 10.2 Å². The molecule has 0 atom stereocenters. The Hall–Kier alpha value is -3.13. The Labute approximate surface area is 154 Å². The van der Waals surface area contributed by atoms with Gasteiger partial charge in [0.2, 0.25) is 11.7 Å². The maximum atomic E-state index is 12.0. The second-order valence-electron chi connectivity index (χ2n) is 5.47. The SMILES string of the molecule is CN(C)C(=O)CNC(=O)c1ccc(Oc2ccc(Cl)cc2[N+](=O)[O-])cc1. The van der Waals surface area contributed by atoms with E-state index in [2.05, 4.69) is 5.32 Å². The molecule has 2 amide bonds. The highest BCUT2D eigenvalue weighted by atomic mass is 35.5. The molecule has 0 saturated heterocycles. The first-order chi connectivity index (χ1) is 12.3. The van der Waals surface area contributed by atoms with Crippen LogP contribution in [0.2, 0.25) is 5.02 Å². The Morgan fingerprint density at radius 2 is 1.85 bits per heavy atom. The second kappa shape index (κ2) is 8.30. The van der Waals surface area contributed by atoms with E-state index in [0.29, 0.717) is 11.3 Å². The van der Waals surface area contributed by atoms with Gasteiger partial charge in [-0.2, -0.15) is 0 Å². The van der Waals surface area contributed by atoms with Gasteiger partial charge in [-0.15, -0.1) is 0 Å². The van der Waals surface area contributed by atoms with Crippen molar-refractivity contribution in [3.8, 4) is 11.5 Å². The van der Waals surface area contributed by atoms with E-state index in [4.69, 9.17) is 16.3 Å². The van der Waals surface area contributed by atoms with Gasteiger partial charge in [-0.1, -0.05) is 11.6 Å². The lowest BCUT2D eigenvalue weighted by atomic mass is 10.2. The van der Waals surface area contributed by atoms with Crippen LogP contribution in [0.4, 0.5) is 5.69 Å². The number of rotatable bonds is 6. The fraction of sp³-hybridized carbons (Fsp3) is 0.176. The first-order valence-corrected chi connectivity index (χ1v) is 7.86. The lowest BCUT2D eigenvalue weighted by Crippen LogP contribution is -2.36. The zero-order valence-corrected chi connectivity index (χ0v) is 14.8. The molecule has 1 N–H and O–H groups in total. The molecule has 0 spiro atoms. The summed E-state index contributed by atoms with van der Waals surface area (Å²) in [7, 11) is 3.19. The van der Waals surface area contributed by atoms with E-state index < -0.39 is 10.8 Å². The molecule has 0 aliphatic heterocycles. The molecule has 2 rings (SSSR count). The number of hydrogen-bond acceptors (Lipinski definition) is 5. The minimum atomic E-state index is -0.592. The predicted octanol–water partition coefficient (Wildman–Crippen LogP) is 2.86. The molecule has 0 aliphatic carbocycles. The molecule has 136 valence electrons. The van der Waals surface area contributed by atoms with Gasteiger partial charge in [0, 0.05) is 30.7 Å². The number of halogens is 1. The largest absolute Gasteiger partial charge is 0.450 e. The highest BCUT2D eigenvalue weighted by molar-refractivity contribution is 6.30. The normalized spacial score (nSPS) is 10.1. The minimum Gasteiger partial charge on any atom is -0.450 e. The van der Waals surface area contributed by atoms with E-state index in [1.165, 1.54) is 47.4 Å². The van der Waals surface area contributed by atoms with Gasteiger partial charge in [0.15, 0.2) is 0 Å². The number of nitrogens with one attached hydrogen (secondary N) is 1. The molecule has 2 aromatic rings.